The van der Waals surface area contributed by atoms with Crippen molar-refractivity contribution in [3.63, 3.8) is 0 Å². The second-order valence-electron chi connectivity index (χ2n) is 5.55. The van der Waals surface area contributed by atoms with E-state index in [0.29, 0.717) is 0 Å². The van der Waals surface area contributed by atoms with E-state index in [0.717, 1.165) is 12.1 Å². The summed E-state index contributed by atoms with van der Waals surface area (Å²) in [5.74, 6) is -2.82. The van der Waals surface area contributed by atoms with Crippen molar-refractivity contribution >= 4 is 27.3 Å². The molecule has 0 saturated carbocycles. The number of rotatable bonds is 5. The average Bonchev–Trinajstić information content (AvgIpc) is 2.65. The second-order valence-corrected chi connectivity index (χ2v) is 7.23. The first-order chi connectivity index (χ1) is 12.9. The summed E-state index contributed by atoms with van der Waals surface area (Å²) in [6, 6.07) is 16.6. The van der Waals surface area contributed by atoms with E-state index in [-0.39, 0.29) is 21.8 Å². The zero-order valence-corrected chi connectivity index (χ0v) is 14.6. The van der Waals surface area contributed by atoms with Crippen LogP contribution in [0, 0.1) is 11.6 Å². The molecule has 0 bridgehead atoms. The van der Waals surface area contributed by atoms with E-state index in [1.807, 2.05) is 0 Å². The first kappa shape index (κ1) is 18.5. The Morgan fingerprint density at radius 3 is 2.19 bits per heavy atom. The molecule has 138 valence electrons. The highest BCUT2D eigenvalue weighted by molar-refractivity contribution is 7.92. The average molecular weight is 388 g/mol. The van der Waals surface area contributed by atoms with Crippen molar-refractivity contribution in [2.75, 3.05) is 10.0 Å². The maximum atomic E-state index is 13.3. The third kappa shape index (κ3) is 4.29. The molecule has 5 nitrogen and oxygen atoms in total. The van der Waals surface area contributed by atoms with Gasteiger partial charge < -0.3 is 5.32 Å². The molecule has 0 saturated heterocycles. The highest BCUT2D eigenvalue weighted by Crippen LogP contribution is 2.22. The van der Waals surface area contributed by atoms with Gasteiger partial charge in [0.15, 0.2) is 11.6 Å². The molecule has 8 heteroatoms. The number of carbonyl (C=O) groups is 1. The van der Waals surface area contributed by atoms with Gasteiger partial charge >= 0.3 is 0 Å². The Kier molecular flexibility index (Phi) is 5.18. The van der Waals surface area contributed by atoms with Gasteiger partial charge in [0.1, 0.15) is 0 Å². The summed E-state index contributed by atoms with van der Waals surface area (Å²) >= 11 is 0. The molecule has 0 aliphatic rings. The molecule has 2 N–H and O–H groups in total. The highest BCUT2D eigenvalue weighted by atomic mass is 32.2. The van der Waals surface area contributed by atoms with E-state index in [2.05, 4.69) is 10.0 Å². The zero-order chi connectivity index (χ0) is 19.4. The summed E-state index contributed by atoms with van der Waals surface area (Å²) in [5, 5.41) is 2.41. The second kappa shape index (κ2) is 7.55. The van der Waals surface area contributed by atoms with Crippen molar-refractivity contribution in [3.8, 4) is 0 Å². The van der Waals surface area contributed by atoms with Crippen LogP contribution in [0.1, 0.15) is 10.4 Å². The van der Waals surface area contributed by atoms with Crippen LogP contribution in [0.4, 0.5) is 20.2 Å². The molecule has 0 aliphatic carbocycles. The number of sulfonamides is 1. The van der Waals surface area contributed by atoms with Gasteiger partial charge in [-0.2, -0.15) is 0 Å². The minimum atomic E-state index is -3.89. The SMILES string of the molecule is O=C(Nc1ccc(F)c(F)c1)c1ccccc1NS(=O)(=O)c1ccccc1. The van der Waals surface area contributed by atoms with Gasteiger partial charge in [-0.15, -0.1) is 0 Å². The summed E-state index contributed by atoms with van der Waals surface area (Å²) in [6.45, 7) is 0. The lowest BCUT2D eigenvalue weighted by molar-refractivity contribution is 0.102. The lowest BCUT2D eigenvalue weighted by Gasteiger charge is -2.13. The summed E-state index contributed by atoms with van der Waals surface area (Å²) < 4.78 is 53.6. The number of hydrogen-bond donors (Lipinski definition) is 2. The van der Waals surface area contributed by atoms with E-state index >= 15 is 0 Å². The van der Waals surface area contributed by atoms with Crippen LogP contribution in [-0.2, 0) is 10.0 Å². The van der Waals surface area contributed by atoms with Crippen LogP contribution in [0.25, 0.3) is 0 Å². The number of halogens is 2. The molecule has 1 amide bonds. The normalized spacial score (nSPS) is 11.0. The zero-order valence-electron chi connectivity index (χ0n) is 13.8. The third-order valence-corrected chi connectivity index (χ3v) is 5.03. The van der Waals surface area contributed by atoms with Crippen LogP contribution in [0.5, 0.6) is 0 Å². The maximum absolute atomic E-state index is 13.3. The van der Waals surface area contributed by atoms with Crippen LogP contribution in [0.15, 0.2) is 77.7 Å². The summed E-state index contributed by atoms with van der Waals surface area (Å²) in [7, 11) is -3.89. The Hall–Kier alpha value is -3.26. The van der Waals surface area contributed by atoms with E-state index in [4.69, 9.17) is 0 Å². The lowest BCUT2D eigenvalue weighted by Crippen LogP contribution is -2.18. The fourth-order valence-electron chi connectivity index (χ4n) is 2.35. The van der Waals surface area contributed by atoms with Gasteiger partial charge in [-0.3, -0.25) is 9.52 Å². The van der Waals surface area contributed by atoms with Crippen molar-refractivity contribution in [1.29, 1.82) is 0 Å². The standard InChI is InChI=1S/C19H14F2N2O3S/c20-16-11-10-13(12-17(16)21)22-19(24)15-8-4-5-9-18(15)23-27(25,26)14-6-2-1-3-7-14/h1-12,23H,(H,22,24). The third-order valence-electron chi connectivity index (χ3n) is 3.65. The molecule has 3 aromatic rings. The van der Waals surface area contributed by atoms with Crippen LogP contribution in [0.2, 0.25) is 0 Å². The summed E-state index contributed by atoms with van der Waals surface area (Å²) in [4.78, 5) is 12.5. The van der Waals surface area contributed by atoms with Crippen LogP contribution >= 0.6 is 0 Å². The molecule has 0 radical (unpaired) electrons. The molecule has 0 atom stereocenters. The fraction of sp³-hybridized carbons (Fsp3) is 0. The van der Waals surface area contributed by atoms with E-state index < -0.39 is 27.6 Å². The topological polar surface area (TPSA) is 75.3 Å². The molecular weight excluding hydrogens is 374 g/mol. The van der Waals surface area contributed by atoms with Gasteiger partial charge in [0.05, 0.1) is 16.1 Å². The van der Waals surface area contributed by atoms with E-state index in [1.54, 1.807) is 30.3 Å². The lowest BCUT2D eigenvalue weighted by atomic mass is 10.1. The predicted molar refractivity (Wildman–Crippen MR) is 98.0 cm³/mol. The fourth-order valence-corrected chi connectivity index (χ4v) is 3.45. The van der Waals surface area contributed by atoms with Crippen molar-refractivity contribution < 1.29 is 22.0 Å². The number of benzene rings is 3. The largest absolute Gasteiger partial charge is 0.322 e. The molecule has 3 rings (SSSR count). The number of nitrogens with one attached hydrogen (secondary N) is 2. The summed E-state index contributed by atoms with van der Waals surface area (Å²) in [6.07, 6.45) is 0. The maximum Gasteiger partial charge on any atom is 0.261 e. The minimum Gasteiger partial charge on any atom is -0.322 e. The Bertz CT molecular complexity index is 1090. The van der Waals surface area contributed by atoms with Gasteiger partial charge in [-0.1, -0.05) is 30.3 Å². The minimum absolute atomic E-state index is 0.0294. The Morgan fingerprint density at radius 1 is 0.815 bits per heavy atom. The Balaban J connectivity index is 1.87. The molecule has 3 aromatic carbocycles. The molecule has 0 unspecified atom stereocenters. The number of anilines is 2. The number of amides is 1. The smallest absolute Gasteiger partial charge is 0.261 e. The van der Waals surface area contributed by atoms with Crippen molar-refractivity contribution in [1.82, 2.24) is 0 Å². The molecule has 0 heterocycles. The van der Waals surface area contributed by atoms with Crippen LogP contribution in [-0.4, -0.2) is 14.3 Å². The van der Waals surface area contributed by atoms with Gasteiger partial charge in [0.25, 0.3) is 15.9 Å². The van der Waals surface area contributed by atoms with Gasteiger partial charge in [0, 0.05) is 11.8 Å². The first-order valence-corrected chi connectivity index (χ1v) is 9.28. The van der Waals surface area contributed by atoms with Crippen LogP contribution in [0.3, 0.4) is 0 Å². The van der Waals surface area contributed by atoms with Crippen molar-refractivity contribution in [3.05, 3.63) is 90.0 Å². The molecular formula is C19H14F2N2O3S. The molecule has 0 spiro atoms. The van der Waals surface area contributed by atoms with Gasteiger partial charge in [-0.05, 0) is 36.4 Å². The number of para-hydroxylation sites is 1. The van der Waals surface area contributed by atoms with Gasteiger partial charge in [0.2, 0.25) is 0 Å². The van der Waals surface area contributed by atoms with E-state index in [1.165, 1.54) is 30.3 Å². The van der Waals surface area contributed by atoms with Crippen molar-refractivity contribution in [2.45, 2.75) is 4.90 Å². The monoisotopic (exact) mass is 388 g/mol. The van der Waals surface area contributed by atoms with E-state index in [9.17, 15) is 22.0 Å². The highest BCUT2D eigenvalue weighted by Gasteiger charge is 2.18. The Morgan fingerprint density at radius 2 is 1.48 bits per heavy atom. The van der Waals surface area contributed by atoms with Crippen molar-refractivity contribution in [2.24, 2.45) is 0 Å². The first-order valence-electron chi connectivity index (χ1n) is 7.80. The van der Waals surface area contributed by atoms with Gasteiger partial charge in [-0.25, -0.2) is 17.2 Å². The quantitative estimate of drug-likeness (QED) is 0.693. The number of carbonyl (C=O) groups excluding carboxylic acids is 1. The molecule has 0 aliphatic heterocycles. The summed E-state index contributed by atoms with van der Waals surface area (Å²) in [5.41, 5.74) is 0.128. The molecule has 27 heavy (non-hydrogen) atoms. The Labute approximate surface area is 154 Å². The predicted octanol–water partition coefficient (Wildman–Crippen LogP) is 4.02. The number of hydrogen-bond acceptors (Lipinski definition) is 3. The van der Waals surface area contributed by atoms with Crippen LogP contribution < -0.4 is 10.0 Å². The molecule has 0 fully saturated rings. The molecule has 0 aromatic heterocycles.